The molecule has 2 heterocycles. The number of aryl methyl sites for hydroxylation is 2. The number of nitrogens with one attached hydrogen (secondary N) is 2. The zero-order valence-corrected chi connectivity index (χ0v) is 12.0. The van der Waals surface area contributed by atoms with E-state index in [4.69, 9.17) is 0 Å². The lowest BCUT2D eigenvalue weighted by Crippen LogP contribution is -2.39. The highest BCUT2D eigenvalue weighted by molar-refractivity contribution is 5.96. The highest BCUT2D eigenvalue weighted by Crippen LogP contribution is 2.21. The van der Waals surface area contributed by atoms with Crippen LogP contribution in [0.15, 0.2) is 36.7 Å². The van der Waals surface area contributed by atoms with Crippen LogP contribution in [0.2, 0.25) is 0 Å². The minimum Gasteiger partial charge on any atom is -0.324 e. The zero-order valence-electron chi connectivity index (χ0n) is 12.0. The zero-order chi connectivity index (χ0) is 14.7. The Morgan fingerprint density at radius 1 is 1.29 bits per heavy atom. The Labute approximate surface area is 123 Å². The fourth-order valence-corrected chi connectivity index (χ4v) is 2.44. The lowest BCUT2D eigenvalue weighted by molar-refractivity contribution is -0.118. The first-order valence-corrected chi connectivity index (χ1v) is 7.12. The minimum absolute atomic E-state index is 0.0139. The van der Waals surface area contributed by atoms with E-state index in [-0.39, 0.29) is 11.9 Å². The van der Waals surface area contributed by atoms with Gasteiger partial charge in [0, 0.05) is 24.6 Å². The average molecular weight is 282 g/mol. The summed E-state index contributed by atoms with van der Waals surface area (Å²) in [6.07, 6.45) is 5.14. The van der Waals surface area contributed by atoms with E-state index in [2.05, 4.69) is 26.7 Å². The molecule has 108 valence electrons. The number of aromatic nitrogens is 2. The van der Waals surface area contributed by atoms with E-state index in [1.54, 1.807) is 12.4 Å². The Bertz CT molecular complexity index is 639. The van der Waals surface area contributed by atoms with E-state index in [0.29, 0.717) is 6.54 Å². The molecule has 3 rings (SSSR count). The number of carbonyl (C=O) groups is 1. The molecule has 2 N–H and O–H groups in total. The molecular weight excluding hydrogens is 264 g/mol. The van der Waals surface area contributed by atoms with Crippen molar-refractivity contribution in [2.75, 3.05) is 5.32 Å². The lowest BCUT2D eigenvalue weighted by Gasteiger charge is -2.14. The third-order valence-electron chi connectivity index (χ3n) is 3.66. The average Bonchev–Trinajstić information content (AvgIpc) is 2.65. The highest BCUT2D eigenvalue weighted by Gasteiger charge is 2.22. The molecule has 5 heteroatoms. The van der Waals surface area contributed by atoms with E-state index in [0.717, 1.165) is 29.9 Å². The van der Waals surface area contributed by atoms with E-state index in [1.165, 1.54) is 5.56 Å². The Morgan fingerprint density at radius 3 is 2.95 bits per heavy atom. The van der Waals surface area contributed by atoms with Gasteiger partial charge in [0.2, 0.25) is 5.91 Å². The Kier molecular flexibility index (Phi) is 3.92. The van der Waals surface area contributed by atoms with Crippen LogP contribution in [0, 0.1) is 6.92 Å². The first kappa shape index (κ1) is 13.7. The number of fused-ring (bicyclic) bond motifs is 1. The van der Waals surface area contributed by atoms with Crippen molar-refractivity contribution in [2.45, 2.75) is 32.4 Å². The van der Waals surface area contributed by atoms with Crippen LogP contribution < -0.4 is 10.6 Å². The van der Waals surface area contributed by atoms with Crippen LogP contribution in [0.3, 0.4) is 0 Å². The SMILES string of the molecule is Cc1cnc(CNC2CCc3ccccc3NC2=O)cn1. The summed E-state index contributed by atoms with van der Waals surface area (Å²) in [5, 5.41) is 6.25. The van der Waals surface area contributed by atoms with Gasteiger partial charge in [0.1, 0.15) is 0 Å². The van der Waals surface area contributed by atoms with E-state index >= 15 is 0 Å². The van der Waals surface area contributed by atoms with Crippen LogP contribution in [0.4, 0.5) is 5.69 Å². The quantitative estimate of drug-likeness (QED) is 0.901. The smallest absolute Gasteiger partial charge is 0.241 e. The molecule has 0 saturated heterocycles. The normalized spacial score (nSPS) is 17.8. The standard InChI is InChI=1S/C16H18N4O/c1-11-8-18-13(9-17-11)10-19-15-7-6-12-4-2-3-5-14(12)20-16(15)21/h2-5,8-9,15,19H,6-7,10H2,1H3,(H,20,21). The van der Waals surface area contributed by atoms with Crippen LogP contribution in [0.1, 0.15) is 23.4 Å². The largest absolute Gasteiger partial charge is 0.324 e. The second-order valence-electron chi connectivity index (χ2n) is 5.27. The summed E-state index contributed by atoms with van der Waals surface area (Å²) in [5.74, 6) is 0.0139. The van der Waals surface area contributed by atoms with Crippen molar-refractivity contribution in [3.8, 4) is 0 Å². The molecule has 2 aromatic rings. The first-order chi connectivity index (χ1) is 10.2. The van der Waals surface area contributed by atoms with Gasteiger partial charge in [-0.05, 0) is 31.4 Å². The maximum Gasteiger partial charge on any atom is 0.241 e. The number of nitrogens with zero attached hydrogens (tertiary/aromatic N) is 2. The molecule has 1 unspecified atom stereocenters. The monoisotopic (exact) mass is 282 g/mol. The van der Waals surface area contributed by atoms with Crippen molar-refractivity contribution in [1.82, 2.24) is 15.3 Å². The van der Waals surface area contributed by atoms with Crippen molar-refractivity contribution < 1.29 is 4.79 Å². The van der Waals surface area contributed by atoms with Crippen molar-refractivity contribution >= 4 is 11.6 Å². The van der Waals surface area contributed by atoms with E-state index < -0.39 is 0 Å². The van der Waals surface area contributed by atoms with Gasteiger partial charge in [0.25, 0.3) is 0 Å². The van der Waals surface area contributed by atoms with Gasteiger partial charge in [0.05, 0.1) is 17.4 Å². The number of rotatable bonds is 3. The summed E-state index contributed by atoms with van der Waals surface area (Å²) in [7, 11) is 0. The Hall–Kier alpha value is -2.27. The summed E-state index contributed by atoms with van der Waals surface area (Å²) < 4.78 is 0. The van der Waals surface area contributed by atoms with Gasteiger partial charge in [0.15, 0.2) is 0 Å². The minimum atomic E-state index is -0.208. The summed E-state index contributed by atoms with van der Waals surface area (Å²) in [6, 6.07) is 7.74. The van der Waals surface area contributed by atoms with Crippen molar-refractivity contribution in [2.24, 2.45) is 0 Å². The topological polar surface area (TPSA) is 66.9 Å². The van der Waals surface area contributed by atoms with Gasteiger partial charge in [-0.3, -0.25) is 14.8 Å². The molecular formula is C16H18N4O. The predicted octanol–water partition coefficient (Wildman–Crippen LogP) is 1.83. The third-order valence-corrected chi connectivity index (χ3v) is 3.66. The van der Waals surface area contributed by atoms with Gasteiger partial charge in [-0.25, -0.2) is 0 Å². The second-order valence-corrected chi connectivity index (χ2v) is 5.27. The number of hydrogen-bond acceptors (Lipinski definition) is 4. The van der Waals surface area contributed by atoms with Crippen molar-refractivity contribution in [1.29, 1.82) is 0 Å². The summed E-state index contributed by atoms with van der Waals surface area (Å²) >= 11 is 0. The number of carbonyl (C=O) groups excluding carboxylic acids is 1. The first-order valence-electron chi connectivity index (χ1n) is 7.12. The molecule has 21 heavy (non-hydrogen) atoms. The van der Waals surface area contributed by atoms with Gasteiger partial charge >= 0.3 is 0 Å². The molecule has 1 aliphatic heterocycles. The summed E-state index contributed by atoms with van der Waals surface area (Å²) in [4.78, 5) is 20.7. The molecule has 1 amide bonds. The van der Waals surface area contributed by atoms with E-state index in [1.807, 2.05) is 25.1 Å². The molecule has 0 saturated carbocycles. The highest BCUT2D eigenvalue weighted by atomic mass is 16.2. The molecule has 0 spiro atoms. The van der Waals surface area contributed by atoms with Crippen LogP contribution in [0.5, 0.6) is 0 Å². The van der Waals surface area contributed by atoms with Crippen LogP contribution >= 0.6 is 0 Å². The van der Waals surface area contributed by atoms with Gasteiger partial charge in [-0.2, -0.15) is 0 Å². The number of amides is 1. The number of para-hydroxylation sites is 1. The Morgan fingerprint density at radius 2 is 2.14 bits per heavy atom. The molecule has 1 aromatic heterocycles. The predicted molar refractivity (Wildman–Crippen MR) is 80.8 cm³/mol. The van der Waals surface area contributed by atoms with Gasteiger partial charge in [-0.15, -0.1) is 0 Å². The lowest BCUT2D eigenvalue weighted by atomic mass is 10.1. The van der Waals surface area contributed by atoms with Crippen molar-refractivity contribution in [3.05, 3.63) is 53.6 Å². The number of anilines is 1. The molecule has 0 bridgehead atoms. The summed E-state index contributed by atoms with van der Waals surface area (Å²) in [5.41, 5.74) is 3.84. The van der Waals surface area contributed by atoms with E-state index in [9.17, 15) is 4.79 Å². The van der Waals surface area contributed by atoms with Gasteiger partial charge < -0.3 is 10.6 Å². The number of benzene rings is 1. The molecule has 0 radical (unpaired) electrons. The summed E-state index contributed by atoms with van der Waals surface area (Å²) in [6.45, 7) is 2.45. The van der Waals surface area contributed by atoms with Crippen molar-refractivity contribution in [3.63, 3.8) is 0 Å². The fraction of sp³-hybridized carbons (Fsp3) is 0.312. The molecule has 0 fully saturated rings. The Balaban J connectivity index is 1.64. The van der Waals surface area contributed by atoms with Gasteiger partial charge in [-0.1, -0.05) is 18.2 Å². The molecule has 0 aliphatic carbocycles. The molecule has 1 aliphatic rings. The number of hydrogen-bond donors (Lipinski definition) is 2. The molecule has 1 atom stereocenters. The van der Waals surface area contributed by atoms with Crippen LogP contribution in [0.25, 0.3) is 0 Å². The maximum atomic E-state index is 12.2. The maximum absolute atomic E-state index is 12.2. The molecule has 5 nitrogen and oxygen atoms in total. The third kappa shape index (κ3) is 3.25. The fourth-order valence-electron chi connectivity index (χ4n) is 2.44. The molecule has 1 aromatic carbocycles. The second kappa shape index (κ2) is 6.01. The van der Waals surface area contributed by atoms with Crippen LogP contribution in [-0.2, 0) is 17.8 Å². The van der Waals surface area contributed by atoms with Crippen LogP contribution in [-0.4, -0.2) is 21.9 Å².